The Balaban J connectivity index is 1.69. The first-order chi connectivity index (χ1) is 14.7. The summed E-state index contributed by atoms with van der Waals surface area (Å²) in [5, 5.41) is 7.05. The molecule has 4 aromatic rings. The molecule has 2 aromatic heterocycles. The molecule has 0 aliphatic carbocycles. The molecule has 0 aliphatic heterocycles. The van der Waals surface area contributed by atoms with Crippen LogP contribution in [0.3, 0.4) is 0 Å². The number of amides is 1. The van der Waals surface area contributed by atoms with Crippen molar-refractivity contribution in [2.45, 2.75) is 13.3 Å². The van der Waals surface area contributed by atoms with E-state index in [0.29, 0.717) is 22.7 Å². The number of aryl methyl sites for hydroxylation is 1. The molecule has 0 radical (unpaired) electrons. The average Bonchev–Trinajstić information content (AvgIpc) is 3.18. The lowest BCUT2D eigenvalue weighted by atomic mass is 10.0. The number of methoxy groups -OCH3 is 1. The van der Waals surface area contributed by atoms with Crippen molar-refractivity contribution in [2.24, 2.45) is 0 Å². The molecule has 0 bridgehead atoms. The van der Waals surface area contributed by atoms with Gasteiger partial charge in [0.15, 0.2) is 0 Å². The summed E-state index contributed by atoms with van der Waals surface area (Å²) in [6.45, 7) is 2.00. The van der Waals surface area contributed by atoms with Crippen molar-refractivity contribution in [1.29, 1.82) is 0 Å². The smallest absolute Gasteiger partial charge is 0.241 e. The quantitative estimate of drug-likeness (QED) is 0.519. The van der Waals surface area contributed by atoms with E-state index >= 15 is 0 Å². The van der Waals surface area contributed by atoms with Crippen LogP contribution in [0.5, 0.6) is 5.75 Å². The molecule has 0 aliphatic rings. The lowest BCUT2D eigenvalue weighted by Gasteiger charge is -2.08. The Morgan fingerprint density at radius 2 is 2.00 bits per heavy atom. The van der Waals surface area contributed by atoms with Gasteiger partial charge in [0, 0.05) is 17.3 Å². The number of benzene rings is 2. The van der Waals surface area contributed by atoms with Crippen LogP contribution in [0.4, 0.5) is 5.88 Å². The van der Waals surface area contributed by atoms with Crippen LogP contribution in [0.25, 0.3) is 22.5 Å². The van der Waals surface area contributed by atoms with Gasteiger partial charge in [-0.25, -0.2) is 9.97 Å². The third-order valence-electron chi connectivity index (χ3n) is 4.62. The number of nitrogens with one attached hydrogen (secondary N) is 1. The van der Waals surface area contributed by atoms with Gasteiger partial charge in [0.25, 0.3) is 0 Å². The molecular weight excluding hydrogens is 380 g/mol. The standard InChI is InChI=1S/C23H20N4O3/c1-15-6-5-8-17(12-15)22-21(18-10-11-24-14-25-18)23(30-27-22)26-20(28)13-16-7-3-4-9-19(16)29-2/h3-12,14H,13H2,1-2H3,(H,26,28). The SMILES string of the molecule is COc1ccccc1CC(=O)Nc1onc(-c2cccc(C)c2)c1-c1ccncn1. The monoisotopic (exact) mass is 400 g/mol. The van der Waals surface area contributed by atoms with E-state index in [-0.39, 0.29) is 18.2 Å². The van der Waals surface area contributed by atoms with Crippen LogP contribution in [0.15, 0.2) is 71.6 Å². The summed E-state index contributed by atoms with van der Waals surface area (Å²) < 4.78 is 10.9. The molecule has 0 atom stereocenters. The number of aromatic nitrogens is 3. The number of hydrogen-bond donors (Lipinski definition) is 1. The highest BCUT2D eigenvalue weighted by Gasteiger charge is 2.22. The van der Waals surface area contributed by atoms with Gasteiger partial charge in [0.2, 0.25) is 11.8 Å². The van der Waals surface area contributed by atoms with Gasteiger partial charge in [0.05, 0.1) is 24.8 Å². The van der Waals surface area contributed by atoms with Crippen LogP contribution in [0.1, 0.15) is 11.1 Å². The molecule has 150 valence electrons. The van der Waals surface area contributed by atoms with Gasteiger partial charge in [-0.05, 0) is 25.1 Å². The summed E-state index contributed by atoms with van der Waals surface area (Å²) in [6.07, 6.45) is 3.21. The van der Waals surface area contributed by atoms with E-state index in [1.54, 1.807) is 19.4 Å². The van der Waals surface area contributed by atoms with Crippen LogP contribution in [-0.4, -0.2) is 28.1 Å². The van der Waals surface area contributed by atoms with Crippen LogP contribution < -0.4 is 10.1 Å². The highest BCUT2D eigenvalue weighted by Crippen LogP contribution is 2.37. The number of ether oxygens (including phenoxy) is 1. The molecule has 4 rings (SSSR count). The summed E-state index contributed by atoms with van der Waals surface area (Å²) in [5.41, 5.74) is 4.56. The van der Waals surface area contributed by atoms with Crippen molar-refractivity contribution in [3.05, 3.63) is 78.2 Å². The fraction of sp³-hybridized carbons (Fsp3) is 0.130. The van der Waals surface area contributed by atoms with E-state index < -0.39 is 0 Å². The second-order valence-electron chi connectivity index (χ2n) is 6.74. The van der Waals surface area contributed by atoms with Gasteiger partial charge in [-0.3, -0.25) is 10.1 Å². The molecule has 2 aromatic carbocycles. The molecule has 1 amide bonds. The normalized spacial score (nSPS) is 10.6. The van der Waals surface area contributed by atoms with E-state index in [1.807, 2.05) is 55.5 Å². The van der Waals surface area contributed by atoms with Crippen molar-refractivity contribution >= 4 is 11.8 Å². The number of rotatable bonds is 6. The number of carbonyl (C=O) groups excluding carboxylic acids is 1. The highest BCUT2D eigenvalue weighted by molar-refractivity contribution is 5.97. The zero-order chi connectivity index (χ0) is 20.9. The summed E-state index contributed by atoms with van der Waals surface area (Å²) in [4.78, 5) is 21.0. The summed E-state index contributed by atoms with van der Waals surface area (Å²) in [7, 11) is 1.58. The Morgan fingerprint density at radius 1 is 1.13 bits per heavy atom. The highest BCUT2D eigenvalue weighted by atomic mass is 16.5. The average molecular weight is 400 g/mol. The second-order valence-corrected chi connectivity index (χ2v) is 6.74. The third-order valence-corrected chi connectivity index (χ3v) is 4.62. The summed E-state index contributed by atoms with van der Waals surface area (Å²) in [5.74, 6) is 0.647. The maximum atomic E-state index is 12.7. The van der Waals surface area contributed by atoms with Crippen LogP contribution in [0.2, 0.25) is 0 Å². The van der Waals surface area contributed by atoms with Crippen molar-refractivity contribution in [3.63, 3.8) is 0 Å². The number of para-hydroxylation sites is 1. The number of carbonyl (C=O) groups is 1. The minimum absolute atomic E-state index is 0.133. The first-order valence-corrected chi connectivity index (χ1v) is 9.40. The van der Waals surface area contributed by atoms with Gasteiger partial charge in [-0.2, -0.15) is 0 Å². The van der Waals surface area contributed by atoms with Crippen LogP contribution in [-0.2, 0) is 11.2 Å². The Hall–Kier alpha value is -4.00. The van der Waals surface area contributed by atoms with Crippen molar-refractivity contribution in [2.75, 3.05) is 12.4 Å². The second kappa shape index (κ2) is 8.57. The van der Waals surface area contributed by atoms with E-state index in [0.717, 1.165) is 16.7 Å². The molecule has 0 unspecified atom stereocenters. The fourth-order valence-electron chi connectivity index (χ4n) is 3.23. The topological polar surface area (TPSA) is 90.1 Å². The molecule has 0 saturated carbocycles. The molecule has 0 saturated heterocycles. The lowest BCUT2D eigenvalue weighted by molar-refractivity contribution is -0.115. The predicted octanol–water partition coefficient (Wildman–Crippen LogP) is 4.30. The van der Waals surface area contributed by atoms with Gasteiger partial charge >= 0.3 is 0 Å². The summed E-state index contributed by atoms with van der Waals surface area (Å²) >= 11 is 0. The number of nitrogens with zero attached hydrogens (tertiary/aromatic N) is 3. The van der Waals surface area contributed by atoms with Gasteiger partial charge in [0.1, 0.15) is 17.8 Å². The molecular formula is C23H20N4O3. The van der Waals surface area contributed by atoms with Crippen LogP contribution >= 0.6 is 0 Å². The van der Waals surface area contributed by atoms with E-state index in [2.05, 4.69) is 20.4 Å². The molecule has 0 spiro atoms. The lowest BCUT2D eigenvalue weighted by Crippen LogP contribution is -2.15. The van der Waals surface area contributed by atoms with Crippen molar-refractivity contribution < 1.29 is 14.1 Å². The first kappa shape index (κ1) is 19.3. The van der Waals surface area contributed by atoms with E-state index in [4.69, 9.17) is 9.26 Å². The summed E-state index contributed by atoms with van der Waals surface area (Å²) in [6, 6.07) is 17.0. The zero-order valence-electron chi connectivity index (χ0n) is 16.6. The largest absolute Gasteiger partial charge is 0.496 e. The molecule has 7 heteroatoms. The Bertz CT molecular complexity index is 1170. The Labute approximate surface area is 173 Å². The minimum Gasteiger partial charge on any atom is -0.496 e. The molecule has 2 heterocycles. The van der Waals surface area contributed by atoms with Gasteiger partial charge in [-0.15, -0.1) is 0 Å². The zero-order valence-corrected chi connectivity index (χ0v) is 16.6. The predicted molar refractivity (Wildman–Crippen MR) is 113 cm³/mol. The Morgan fingerprint density at radius 3 is 2.77 bits per heavy atom. The first-order valence-electron chi connectivity index (χ1n) is 9.40. The molecule has 30 heavy (non-hydrogen) atoms. The van der Waals surface area contributed by atoms with Crippen LogP contribution in [0, 0.1) is 6.92 Å². The minimum atomic E-state index is -0.248. The Kier molecular flexibility index (Phi) is 5.52. The number of hydrogen-bond acceptors (Lipinski definition) is 6. The van der Waals surface area contributed by atoms with Crippen molar-refractivity contribution in [1.82, 2.24) is 15.1 Å². The maximum Gasteiger partial charge on any atom is 0.241 e. The van der Waals surface area contributed by atoms with Crippen molar-refractivity contribution in [3.8, 4) is 28.3 Å². The fourth-order valence-corrected chi connectivity index (χ4v) is 3.23. The van der Waals surface area contributed by atoms with Gasteiger partial charge < -0.3 is 9.26 Å². The number of anilines is 1. The third kappa shape index (κ3) is 4.05. The molecule has 0 fully saturated rings. The molecule has 1 N–H and O–H groups in total. The molecule has 7 nitrogen and oxygen atoms in total. The van der Waals surface area contributed by atoms with Gasteiger partial charge in [-0.1, -0.05) is 47.1 Å². The van der Waals surface area contributed by atoms with E-state index in [9.17, 15) is 4.79 Å². The van der Waals surface area contributed by atoms with E-state index in [1.165, 1.54) is 6.33 Å². The maximum absolute atomic E-state index is 12.7.